The van der Waals surface area contributed by atoms with Crippen molar-refractivity contribution >= 4 is 28.1 Å². The Morgan fingerprint density at radius 2 is 2.09 bits per heavy atom. The first kappa shape index (κ1) is 18.0. The topological polar surface area (TPSA) is 56.8 Å². The van der Waals surface area contributed by atoms with Crippen LogP contribution in [0.4, 0.5) is 4.79 Å². The smallest absolute Gasteiger partial charge is 0.407 e. The van der Waals surface area contributed by atoms with Crippen molar-refractivity contribution in [3.05, 3.63) is 39.9 Å². The second kappa shape index (κ2) is 7.95. The van der Waals surface area contributed by atoms with Crippen molar-refractivity contribution in [1.29, 1.82) is 0 Å². The third-order valence-corrected chi connectivity index (χ3v) is 3.70. The highest BCUT2D eigenvalue weighted by atomic mass is 79.9. The molecule has 1 amide bonds. The van der Waals surface area contributed by atoms with Crippen LogP contribution in [0.25, 0.3) is 6.08 Å². The van der Waals surface area contributed by atoms with Crippen molar-refractivity contribution in [2.75, 3.05) is 19.8 Å². The number of hydrogen-bond acceptors (Lipinski definition) is 4. The third kappa shape index (κ3) is 5.64. The molecular weight excluding hydrogens is 362 g/mol. The van der Waals surface area contributed by atoms with Crippen molar-refractivity contribution in [3.63, 3.8) is 0 Å². The Morgan fingerprint density at radius 1 is 1.39 bits per heavy atom. The van der Waals surface area contributed by atoms with Gasteiger partial charge in [0.15, 0.2) is 6.29 Å². The second-order valence-corrected chi connectivity index (χ2v) is 6.96. The second-order valence-electron chi connectivity index (χ2n) is 6.10. The van der Waals surface area contributed by atoms with Crippen molar-refractivity contribution < 1.29 is 19.0 Å². The van der Waals surface area contributed by atoms with Gasteiger partial charge in [0, 0.05) is 16.6 Å². The zero-order valence-corrected chi connectivity index (χ0v) is 15.2. The molecule has 1 aliphatic rings. The number of halogens is 1. The molecule has 1 saturated heterocycles. The predicted molar refractivity (Wildman–Crippen MR) is 92.1 cm³/mol. The molecule has 2 rings (SSSR count). The Bertz CT molecular complexity index is 574. The molecular formula is C17H22BrNO4. The molecule has 0 bridgehead atoms. The number of nitrogens with one attached hydrogen (secondary N) is 1. The minimum absolute atomic E-state index is 0.357. The number of rotatable bonds is 4. The molecule has 1 aliphatic heterocycles. The largest absolute Gasteiger partial charge is 0.444 e. The first-order valence-corrected chi connectivity index (χ1v) is 8.31. The lowest BCUT2D eigenvalue weighted by Gasteiger charge is -2.19. The van der Waals surface area contributed by atoms with Gasteiger partial charge in [0.2, 0.25) is 0 Å². The molecule has 0 saturated carbocycles. The summed E-state index contributed by atoms with van der Waals surface area (Å²) in [5.74, 6) is 0. The van der Waals surface area contributed by atoms with Crippen molar-refractivity contribution in [3.8, 4) is 0 Å². The molecule has 126 valence electrons. The number of carbonyl (C=O) groups is 1. The molecule has 23 heavy (non-hydrogen) atoms. The van der Waals surface area contributed by atoms with Crippen molar-refractivity contribution in [2.45, 2.75) is 32.7 Å². The maximum atomic E-state index is 11.6. The van der Waals surface area contributed by atoms with Gasteiger partial charge in [0.05, 0.1) is 13.2 Å². The summed E-state index contributed by atoms with van der Waals surface area (Å²) in [7, 11) is 0. The number of benzene rings is 1. The zero-order chi connectivity index (χ0) is 16.9. The van der Waals surface area contributed by atoms with Gasteiger partial charge >= 0.3 is 6.09 Å². The van der Waals surface area contributed by atoms with E-state index in [9.17, 15) is 4.79 Å². The van der Waals surface area contributed by atoms with Gasteiger partial charge in [0.1, 0.15) is 5.60 Å². The summed E-state index contributed by atoms with van der Waals surface area (Å²) in [6, 6.07) is 5.88. The number of alkyl carbamates (subject to hydrolysis) is 1. The molecule has 0 unspecified atom stereocenters. The molecule has 1 aromatic rings. The first-order chi connectivity index (χ1) is 10.9. The fourth-order valence-electron chi connectivity index (χ4n) is 2.12. The van der Waals surface area contributed by atoms with Gasteiger partial charge in [-0.05, 0) is 32.4 Å². The molecule has 0 spiro atoms. The van der Waals surface area contributed by atoms with Gasteiger partial charge in [-0.2, -0.15) is 0 Å². The van der Waals surface area contributed by atoms with Crippen LogP contribution in [0.2, 0.25) is 0 Å². The van der Waals surface area contributed by atoms with Gasteiger partial charge in [0.25, 0.3) is 0 Å². The van der Waals surface area contributed by atoms with Crippen molar-refractivity contribution in [2.24, 2.45) is 0 Å². The van der Waals surface area contributed by atoms with Gasteiger partial charge < -0.3 is 19.5 Å². The fraction of sp³-hybridized carbons (Fsp3) is 0.471. The van der Waals surface area contributed by atoms with E-state index in [1.165, 1.54) is 0 Å². The maximum absolute atomic E-state index is 11.6. The van der Waals surface area contributed by atoms with Crippen LogP contribution in [0.15, 0.2) is 28.7 Å². The maximum Gasteiger partial charge on any atom is 0.407 e. The highest BCUT2D eigenvalue weighted by molar-refractivity contribution is 9.10. The molecule has 0 radical (unpaired) electrons. The van der Waals surface area contributed by atoms with E-state index in [-0.39, 0.29) is 6.29 Å². The van der Waals surface area contributed by atoms with Crippen LogP contribution in [-0.2, 0) is 14.2 Å². The lowest BCUT2D eigenvalue weighted by Crippen LogP contribution is -2.32. The molecule has 6 heteroatoms. The van der Waals surface area contributed by atoms with Crippen LogP contribution in [-0.4, -0.2) is 31.5 Å². The van der Waals surface area contributed by atoms with E-state index in [2.05, 4.69) is 21.2 Å². The van der Waals surface area contributed by atoms with Crippen LogP contribution in [0, 0.1) is 0 Å². The molecule has 0 aliphatic carbocycles. The zero-order valence-electron chi connectivity index (χ0n) is 13.6. The minimum Gasteiger partial charge on any atom is -0.444 e. The number of ether oxygens (including phenoxy) is 3. The highest BCUT2D eigenvalue weighted by Crippen LogP contribution is 2.33. The highest BCUT2D eigenvalue weighted by Gasteiger charge is 2.22. The van der Waals surface area contributed by atoms with Gasteiger partial charge in [-0.15, -0.1) is 0 Å². The number of hydrogen-bond donors (Lipinski definition) is 1. The van der Waals surface area contributed by atoms with E-state index in [1.54, 1.807) is 0 Å². The Balaban J connectivity index is 1.97. The van der Waals surface area contributed by atoms with Crippen molar-refractivity contribution in [1.82, 2.24) is 5.32 Å². The predicted octanol–water partition coefficient (Wildman–Crippen LogP) is 4.03. The summed E-state index contributed by atoms with van der Waals surface area (Å²) in [4.78, 5) is 11.6. The summed E-state index contributed by atoms with van der Waals surface area (Å²) in [5, 5.41) is 2.69. The lowest BCUT2D eigenvalue weighted by molar-refractivity contribution is -0.0447. The van der Waals surface area contributed by atoms with E-state index in [0.29, 0.717) is 19.8 Å². The molecule has 1 aromatic carbocycles. The monoisotopic (exact) mass is 383 g/mol. The molecule has 1 fully saturated rings. The molecule has 1 heterocycles. The molecule has 5 nitrogen and oxygen atoms in total. The van der Waals surface area contributed by atoms with Crippen LogP contribution >= 0.6 is 15.9 Å². The standard InChI is InChI=1S/C17H22BrNO4/c1-17(2,3)23-16(20)19-9-5-7-12-6-4-8-13(18)14(12)15-21-10-11-22-15/h4-8,15H,9-11H2,1-3H3,(H,19,20)/b7-5-. The fourth-order valence-corrected chi connectivity index (χ4v) is 2.68. The third-order valence-electron chi connectivity index (χ3n) is 3.00. The summed E-state index contributed by atoms with van der Waals surface area (Å²) in [6.07, 6.45) is 3.01. The number of carbonyl (C=O) groups excluding carboxylic acids is 1. The average Bonchev–Trinajstić information content (AvgIpc) is 2.95. The first-order valence-electron chi connectivity index (χ1n) is 7.52. The molecule has 0 atom stereocenters. The summed E-state index contributed by atoms with van der Waals surface area (Å²) in [5.41, 5.74) is 1.44. The summed E-state index contributed by atoms with van der Waals surface area (Å²) >= 11 is 3.54. The normalized spacial score (nSPS) is 16.0. The van der Waals surface area contributed by atoms with Gasteiger partial charge in [-0.3, -0.25) is 0 Å². The van der Waals surface area contributed by atoms with Crippen LogP contribution in [0.3, 0.4) is 0 Å². The van der Waals surface area contributed by atoms with Crippen LogP contribution < -0.4 is 5.32 Å². The van der Waals surface area contributed by atoms with E-state index >= 15 is 0 Å². The summed E-state index contributed by atoms with van der Waals surface area (Å²) < 4.78 is 17.3. The lowest BCUT2D eigenvalue weighted by atomic mass is 10.1. The quantitative estimate of drug-likeness (QED) is 0.852. The van der Waals surface area contributed by atoms with Gasteiger partial charge in [-0.25, -0.2) is 4.79 Å². The average molecular weight is 384 g/mol. The molecule has 1 N–H and O–H groups in total. The van der Waals surface area contributed by atoms with Crippen LogP contribution in [0.5, 0.6) is 0 Å². The SMILES string of the molecule is CC(C)(C)OC(=O)NC/C=C\c1cccc(Br)c1C1OCCO1. The summed E-state index contributed by atoms with van der Waals surface area (Å²) in [6.45, 7) is 7.06. The minimum atomic E-state index is -0.498. The number of amides is 1. The van der Waals surface area contributed by atoms with E-state index < -0.39 is 11.7 Å². The Hall–Kier alpha value is -1.37. The van der Waals surface area contributed by atoms with E-state index in [1.807, 2.05) is 51.1 Å². The Morgan fingerprint density at radius 3 is 2.74 bits per heavy atom. The molecule has 0 aromatic heterocycles. The van der Waals surface area contributed by atoms with Crippen LogP contribution in [0.1, 0.15) is 38.2 Å². The van der Waals surface area contributed by atoms with Gasteiger partial charge in [-0.1, -0.05) is 40.2 Å². The Kier molecular flexibility index (Phi) is 6.21. The van der Waals surface area contributed by atoms with E-state index in [0.717, 1.165) is 15.6 Å². The van der Waals surface area contributed by atoms with E-state index in [4.69, 9.17) is 14.2 Å². The Labute approximate surface area is 145 Å².